The first-order valence-corrected chi connectivity index (χ1v) is 8.55. The van der Waals surface area contributed by atoms with Crippen LogP contribution in [0.3, 0.4) is 0 Å². The highest BCUT2D eigenvalue weighted by molar-refractivity contribution is 7.98. The number of aromatic nitrogens is 2. The average Bonchev–Trinajstić information content (AvgIpc) is 2.92. The van der Waals surface area contributed by atoms with E-state index in [-0.39, 0.29) is 12.2 Å². The zero-order valence-corrected chi connectivity index (χ0v) is 14.4. The van der Waals surface area contributed by atoms with Crippen molar-refractivity contribution in [1.82, 2.24) is 14.9 Å². The smallest absolute Gasteiger partial charge is 0.410 e. The molecule has 1 aromatic heterocycles. The van der Waals surface area contributed by atoms with Gasteiger partial charge in [0.1, 0.15) is 10.6 Å². The van der Waals surface area contributed by atoms with Crippen molar-refractivity contribution in [2.45, 2.75) is 50.5 Å². The Labute approximate surface area is 135 Å². The molecule has 0 bridgehead atoms. The van der Waals surface area contributed by atoms with E-state index in [1.54, 1.807) is 29.1 Å². The number of hydrogen-bond donors (Lipinski definition) is 0. The van der Waals surface area contributed by atoms with Gasteiger partial charge in [0.25, 0.3) is 0 Å². The second kappa shape index (κ2) is 7.28. The Hall–Kier alpha value is -1.34. The third-order valence-electron chi connectivity index (χ3n) is 3.18. The summed E-state index contributed by atoms with van der Waals surface area (Å²) >= 11 is 1.55. The van der Waals surface area contributed by atoms with E-state index < -0.39 is 5.60 Å². The summed E-state index contributed by atoms with van der Waals surface area (Å²) in [5.41, 5.74) is 0.369. The largest absolute Gasteiger partial charge is 0.444 e. The first-order chi connectivity index (χ1) is 10.4. The molecule has 0 aliphatic carbocycles. The normalized spacial score (nSPS) is 18.5. The predicted molar refractivity (Wildman–Crippen MR) is 84.8 cm³/mol. The number of amides is 1. The van der Waals surface area contributed by atoms with Crippen molar-refractivity contribution >= 4 is 17.9 Å². The van der Waals surface area contributed by atoms with Gasteiger partial charge < -0.3 is 14.4 Å². The number of likely N-dealkylation sites (tertiary alicyclic amines) is 1. The van der Waals surface area contributed by atoms with Gasteiger partial charge in [-0.1, -0.05) is 0 Å². The van der Waals surface area contributed by atoms with E-state index in [1.807, 2.05) is 27.0 Å². The third-order valence-corrected chi connectivity index (χ3v) is 3.91. The maximum atomic E-state index is 12.0. The van der Waals surface area contributed by atoms with E-state index in [9.17, 15) is 4.79 Å². The van der Waals surface area contributed by atoms with Crippen LogP contribution in [0.1, 0.15) is 32.9 Å². The zero-order chi connectivity index (χ0) is 16.2. The molecule has 122 valence electrons. The summed E-state index contributed by atoms with van der Waals surface area (Å²) in [6.45, 7) is 7.24. The summed E-state index contributed by atoms with van der Waals surface area (Å²) in [6.07, 6.45) is 5.86. The molecule has 2 heterocycles. The highest BCUT2D eigenvalue weighted by Gasteiger charge is 2.30. The van der Waals surface area contributed by atoms with Crippen LogP contribution in [0.5, 0.6) is 0 Å². The molecule has 1 amide bonds. The summed E-state index contributed by atoms with van der Waals surface area (Å²) in [7, 11) is 0. The molecule has 22 heavy (non-hydrogen) atoms. The molecule has 0 spiro atoms. The third kappa shape index (κ3) is 4.84. The molecule has 7 heteroatoms. The number of hydrogen-bond acceptors (Lipinski definition) is 6. The van der Waals surface area contributed by atoms with Crippen LogP contribution >= 0.6 is 11.8 Å². The molecule has 1 aliphatic rings. The summed E-state index contributed by atoms with van der Waals surface area (Å²) in [6, 6.07) is 0. The van der Waals surface area contributed by atoms with Gasteiger partial charge in [0.05, 0.1) is 24.9 Å². The molecule has 1 aromatic rings. The van der Waals surface area contributed by atoms with Gasteiger partial charge in [-0.3, -0.25) is 4.98 Å². The molecule has 1 fully saturated rings. The molecule has 1 aliphatic heterocycles. The molecular weight excluding hydrogens is 302 g/mol. The number of carbonyl (C=O) groups is 1. The van der Waals surface area contributed by atoms with Crippen LogP contribution in [0, 0.1) is 0 Å². The van der Waals surface area contributed by atoms with Gasteiger partial charge in [0, 0.05) is 18.9 Å². The highest BCUT2D eigenvalue weighted by Crippen LogP contribution is 2.20. The fraction of sp³-hybridized carbons (Fsp3) is 0.667. The van der Waals surface area contributed by atoms with Crippen molar-refractivity contribution in [2.24, 2.45) is 0 Å². The molecule has 0 radical (unpaired) electrons. The van der Waals surface area contributed by atoms with Gasteiger partial charge in [-0.05, 0) is 33.4 Å². The summed E-state index contributed by atoms with van der Waals surface area (Å²) < 4.78 is 11.3. The summed E-state index contributed by atoms with van der Waals surface area (Å²) in [5.74, 6) is 0. The Morgan fingerprint density at radius 3 is 2.82 bits per heavy atom. The fourth-order valence-corrected chi connectivity index (χ4v) is 2.69. The average molecular weight is 325 g/mol. The van der Waals surface area contributed by atoms with E-state index in [4.69, 9.17) is 9.47 Å². The van der Waals surface area contributed by atoms with Crippen LogP contribution in [0.25, 0.3) is 0 Å². The number of ether oxygens (including phenoxy) is 2. The molecule has 6 nitrogen and oxygen atoms in total. The fourth-order valence-electron chi connectivity index (χ4n) is 2.18. The van der Waals surface area contributed by atoms with Crippen LogP contribution < -0.4 is 0 Å². The summed E-state index contributed by atoms with van der Waals surface area (Å²) in [4.78, 5) is 22.3. The van der Waals surface area contributed by atoms with Crippen LogP contribution in [-0.4, -0.2) is 52.0 Å². The topological polar surface area (TPSA) is 64.6 Å². The lowest BCUT2D eigenvalue weighted by Crippen LogP contribution is -2.36. The molecule has 2 rings (SSSR count). The standard InChI is InChI=1S/C15H23N3O3S/c1-15(2,3)21-14(19)18-8-5-11(9-18)20-10-12-13(22-4)17-7-6-16-12/h6-7,11H,5,8-10H2,1-4H3. The lowest BCUT2D eigenvalue weighted by molar-refractivity contribution is 0.0175. The van der Waals surface area contributed by atoms with Gasteiger partial charge in [0.2, 0.25) is 0 Å². The SMILES string of the molecule is CSc1nccnc1COC1CCN(C(=O)OC(C)(C)C)C1. The van der Waals surface area contributed by atoms with Crippen LogP contribution in [0.4, 0.5) is 4.79 Å². The van der Waals surface area contributed by atoms with Crippen molar-refractivity contribution in [2.75, 3.05) is 19.3 Å². The van der Waals surface area contributed by atoms with Crippen LogP contribution in [0.15, 0.2) is 17.4 Å². The minimum Gasteiger partial charge on any atom is -0.444 e. The van der Waals surface area contributed by atoms with Crippen LogP contribution in [-0.2, 0) is 16.1 Å². The monoisotopic (exact) mass is 325 g/mol. The zero-order valence-electron chi connectivity index (χ0n) is 13.5. The molecular formula is C15H23N3O3S. The number of nitrogens with zero attached hydrogens (tertiary/aromatic N) is 3. The van der Waals surface area contributed by atoms with Gasteiger partial charge in [-0.15, -0.1) is 11.8 Å². The first kappa shape index (κ1) is 17.0. The lowest BCUT2D eigenvalue weighted by atomic mass is 10.2. The summed E-state index contributed by atoms with van der Waals surface area (Å²) in [5, 5.41) is 0.879. The minimum absolute atomic E-state index is 0.0178. The minimum atomic E-state index is -0.469. The number of rotatable bonds is 4. The molecule has 1 atom stereocenters. The Balaban J connectivity index is 1.83. The second-order valence-corrected chi connectivity index (χ2v) is 6.96. The molecule has 0 N–H and O–H groups in total. The van der Waals surface area contributed by atoms with E-state index >= 15 is 0 Å². The number of thioether (sulfide) groups is 1. The van der Waals surface area contributed by atoms with Gasteiger partial charge in [-0.25, -0.2) is 9.78 Å². The Bertz CT molecular complexity index is 519. The highest BCUT2D eigenvalue weighted by atomic mass is 32.2. The number of carbonyl (C=O) groups excluding carboxylic acids is 1. The van der Waals surface area contributed by atoms with E-state index in [0.717, 1.165) is 17.1 Å². The Kier molecular flexibility index (Phi) is 5.63. The van der Waals surface area contributed by atoms with E-state index in [1.165, 1.54) is 0 Å². The molecule has 1 saturated heterocycles. The van der Waals surface area contributed by atoms with Crippen molar-refractivity contribution in [3.8, 4) is 0 Å². The Morgan fingerprint density at radius 1 is 1.41 bits per heavy atom. The molecule has 0 aromatic carbocycles. The van der Waals surface area contributed by atoms with E-state index in [2.05, 4.69) is 9.97 Å². The second-order valence-electron chi connectivity index (χ2n) is 6.16. The van der Waals surface area contributed by atoms with Gasteiger partial charge in [0.15, 0.2) is 0 Å². The maximum Gasteiger partial charge on any atom is 0.410 e. The molecule has 0 saturated carbocycles. The van der Waals surface area contributed by atoms with Crippen molar-refractivity contribution in [3.05, 3.63) is 18.1 Å². The maximum absolute atomic E-state index is 12.0. The molecule has 1 unspecified atom stereocenters. The van der Waals surface area contributed by atoms with Crippen molar-refractivity contribution < 1.29 is 14.3 Å². The van der Waals surface area contributed by atoms with Crippen LogP contribution in [0.2, 0.25) is 0 Å². The van der Waals surface area contributed by atoms with Gasteiger partial charge in [-0.2, -0.15) is 0 Å². The van der Waals surface area contributed by atoms with Crippen molar-refractivity contribution in [1.29, 1.82) is 0 Å². The van der Waals surface area contributed by atoms with Gasteiger partial charge >= 0.3 is 6.09 Å². The quantitative estimate of drug-likeness (QED) is 0.793. The lowest BCUT2D eigenvalue weighted by Gasteiger charge is -2.24. The predicted octanol–water partition coefficient (Wildman–Crippen LogP) is 2.72. The Morgan fingerprint density at radius 2 is 2.14 bits per heavy atom. The first-order valence-electron chi connectivity index (χ1n) is 7.32. The van der Waals surface area contributed by atoms with E-state index in [0.29, 0.717) is 19.7 Å². The van der Waals surface area contributed by atoms with Crippen molar-refractivity contribution in [3.63, 3.8) is 0 Å².